The Bertz CT molecular complexity index is 1200. The van der Waals surface area contributed by atoms with Gasteiger partial charge in [-0.15, -0.1) is 0 Å². The van der Waals surface area contributed by atoms with E-state index in [9.17, 15) is 9.59 Å². The maximum Gasteiger partial charge on any atom is 0.315 e. The van der Waals surface area contributed by atoms with E-state index in [1.54, 1.807) is 28.3 Å². The van der Waals surface area contributed by atoms with Gasteiger partial charge in [-0.25, -0.2) is 0 Å². The van der Waals surface area contributed by atoms with Crippen LogP contribution >= 0.6 is 0 Å². The number of methoxy groups -OCH3 is 3. The lowest BCUT2D eigenvalue weighted by Gasteiger charge is -2.37. The second-order valence-electron chi connectivity index (χ2n) is 8.71. The van der Waals surface area contributed by atoms with Gasteiger partial charge in [0.2, 0.25) is 0 Å². The molecule has 1 unspecified atom stereocenters. The SMILES string of the molecule is CCOC(=O)C1C(C)=NC2=C(C(=O)C[C@H](c3ccc(OC)c(OC)c3)C2)[C@H]1c1ccccc1OC. The highest BCUT2D eigenvalue weighted by molar-refractivity contribution is 6.09. The Morgan fingerprint density at radius 1 is 0.971 bits per heavy atom. The van der Waals surface area contributed by atoms with Gasteiger partial charge in [0, 0.05) is 34.9 Å². The van der Waals surface area contributed by atoms with Crippen molar-refractivity contribution in [3.05, 3.63) is 64.9 Å². The molecule has 1 aliphatic heterocycles. The number of ketones is 1. The van der Waals surface area contributed by atoms with Crippen molar-refractivity contribution < 1.29 is 28.5 Å². The van der Waals surface area contributed by atoms with E-state index in [4.69, 9.17) is 23.9 Å². The molecule has 0 radical (unpaired) electrons. The van der Waals surface area contributed by atoms with Crippen LogP contribution in [-0.4, -0.2) is 45.4 Å². The van der Waals surface area contributed by atoms with Gasteiger partial charge in [0.15, 0.2) is 17.3 Å². The predicted molar refractivity (Wildman–Crippen MR) is 133 cm³/mol. The number of hydrogen-bond donors (Lipinski definition) is 0. The lowest BCUT2D eigenvalue weighted by atomic mass is 9.69. The van der Waals surface area contributed by atoms with E-state index in [0.29, 0.717) is 41.4 Å². The van der Waals surface area contributed by atoms with Crippen molar-refractivity contribution in [2.75, 3.05) is 27.9 Å². The van der Waals surface area contributed by atoms with Crippen LogP contribution < -0.4 is 14.2 Å². The lowest BCUT2D eigenvalue weighted by Crippen LogP contribution is -2.38. The maximum atomic E-state index is 13.7. The Balaban J connectivity index is 1.81. The van der Waals surface area contributed by atoms with Crippen LogP contribution in [0.25, 0.3) is 0 Å². The zero-order valence-electron chi connectivity index (χ0n) is 20.8. The molecule has 184 valence electrons. The molecule has 3 atom stereocenters. The number of ether oxygens (including phenoxy) is 4. The van der Waals surface area contributed by atoms with Crippen molar-refractivity contribution in [2.24, 2.45) is 10.9 Å². The molecule has 0 saturated carbocycles. The van der Waals surface area contributed by atoms with Gasteiger partial charge in [-0.2, -0.15) is 0 Å². The number of carbonyl (C=O) groups excluding carboxylic acids is 2. The van der Waals surface area contributed by atoms with Gasteiger partial charge in [0.1, 0.15) is 11.7 Å². The van der Waals surface area contributed by atoms with Crippen LogP contribution in [0.2, 0.25) is 0 Å². The van der Waals surface area contributed by atoms with Crippen molar-refractivity contribution in [3.63, 3.8) is 0 Å². The van der Waals surface area contributed by atoms with E-state index in [-0.39, 0.29) is 24.3 Å². The summed E-state index contributed by atoms with van der Waals surface area (Å²) in [4.78, 5) is 31.6. The van der Waals surface area contributed by atoms with Gasteiger partial charge in [-0.3, -0.25) is 14.6 Å². The molecule has 0 bridgehead atoms. The standard InChI is InChI=1S/C28H31NO6/c1-6-35-28(31)25-16(2)29-20-13-18(17-11-12-23(33-4)24(15-17)34-5)14-21(30)27(20)26(25)19-9-7-8-10-22(19)32-3/h7-12,15,18,25-26H,6,13-14H2,1-5H3/t18-,25?,26+/m1/s1. The number of benzene rings is 2. The van der Waals surface area contributed by atoms with Crippen LogP contribution in [0.4, 0.5) is 0 Å². The predicted octanol–water partition coefficient (Wildman–Crippen LogP) is 4.85. The fourth-order valence-corrected chi connectivity index (χ4v) is 5.20. The molecule has 7 nitrogen and oxygen atoms in total. The topological polar surface area (TPSA) is 83.4 Å². The number of hydrogen-bond acceptors (Lipinski definition) is 7. The summed E-state index contributed by atoms with van der Waals surface area (Å²) >= 11 is 0. The Morgan fingerprint density at radius 2 is 1.69 bits per heavy atom. The molecule has 2 aliphatic rings. The van der Waals surface area contributed by atoms with Crippen LogP contribution in [0.15, 0.2) is 58.7 Å². The molecule has 1 aliphatic carbocycles. The number of nitrogens with zero attached hydrogens (tertiary/aromatic N) is 1. The zero-order valence-corrected chi connectivity index (χ0v) is 20.8. The zero-order chi connectivity index (χ0) is 25.1. The average Bonchev–Trinajstić information content (AvgIpc) is 2.87. The number of allylic oxidation sites excluding steroid dienone is 2. The van der Waals surface area contributed by atoms with Gasteiger partial charge in [-0.1, -0.05) is 24.3 Å². The Labute approximate surface area is 205 Å². The molecule has 4 rings (SSSR count). The van der Waals surface area contributed by atoms with Crippen molar-refractivity contribution >= 4 is 17.5 Å². The molecule has 0 spiro atoms. The fourth-order valence-electron chi connectivity index (χ4n) is 5.20. The van der Waals surface area contributed by atoms with Crippen molar-refractivity contribution in [3.8, 4) is 17.2 Å². The third kappa shape index (κ3) is 4.55. The summed E-state index contributed by atoms with van der Waals surface area (Å²) in [5.74, 6) is 0.216. The first-order valence-corrected chi connectivity index (χ1v) is 11.8. The molecular weight excluding hydrogens is 446 g/mol. The molecule has 0 saturated heterocycles. The smallest absolute Gasteiger partial charge is 0.315 e. The molecule has 7 heteroatoms. The highest BCUT2D eigenvalue weighted by Crippen LogP contribution is 2.49. The summed E-state index contributed by atoms with van der Waals surface area (Å²) in [6.45, 7) is 3.86. The van der Waals surface area contributed by atoms with Crippen LogP contribution in [0.5, 0.6) is 17.2 Å². The number of esters is 1. The van der Waals surface area contributed by atoms with Crippen molar-refractivity contribution in [2.45, 2.75) is 38.5 Å². The minimum atomic E-state index is -0.688. The molecule has 0 aromatic heterocycles. The van der Waals surface area contributed by atoms with E-state index in [1.165, 1.54) is 0 Å². The minimum absolute atomic E-state index is 0.0208. The van der Waals surface area contributed by atoms with E-state index >= 15 is 0 Å². The number of Topliss-reactive ketones (excluding diaryl/α,β-unsaturated/α-hetero) is 1. The molecule has 0 amide bonds. The minimum Gasteiger partial charge on any atom is -0.496 e. The van der Waals surface area contributed by atoms with Gasteiger partial charge in [0.25, 0.3) is 0 Å². The second kappa shape index (κ2) is 10.3. The van der Waals surface area contributed by atoms with Crippen LogP contribution in [0, 0.1) is 5.92 Å². The maximum absolute atomic E-state index is 13.7. The summed E-state index contributed by atoms with van der Waals surface area (Å²) in [6, 6.07) is 13.2. The van der Waals surface area contributed by atoms with Gasteiger partial charge < -0.3 is 18.9 Å². The Hall–Kier alpha value is -3.61. The quantitative estimate of drug-likeness (QED) is 0.530. The van der Waals surface area contributed by atoms with Gasteiger partial charge in [-0.05, 0) is 49.9 Å². The molecule has 0 N–H and O–H groups in total. The molecule has 2 aromatic rings. The third-order valence-corrected chi connectivity index (χ3v) is 6.78. The summed E-state index contributed by atoms with van der Waals surface area (Å²) in [5, 5.41) is 0. The van der Waals surface area contributed by atoms with Crippen molar-refractivity contribution in [1.29, 1.82) is 0 Å². The monoisotopic (exact) mass is 477 g/mol. The largest absolute Gasteiger partial charge is 0.496 e. The van der Waals surface area contributed by atoms with E-state index in [1.807, 2.05) is 49.4 Å². The highest BCUT2D eigenvalue weighted by atomic mass is 16.5. The average molecular weight is 478 g/mol. The van der Waals surface area contributed by atoms with Crippen LogP contribution in [0.3, 0.4) is 0 Å². The molecular formula is C28H31NO6. The Kier molecular flexibility index (Phi) is 7.24. The van der Waals surface area contributed by atoms with Crippen LogP contribution in [-0.2, 0) is 14.3 Å². The van der Waals surface area contributed by atoms with Gasteiger partial charge in [0.05, 0.1) is 27.9 Å². The highest BCUT2D eigenvalue weighted by Gasteiger charge is 2.45. The molecule has 0 fully saturated rings. The summed E-state index contributed by atoms with van der Waals surface area (Å²) in [7, 11) is 4.78. The first-order valence-electron chi connectivity index (χ1n) is 11.8. The summed E-state index contributed by atoms with van der Waals surface area (Å²) < 4.78 is 21.9. The lowest BCUT2D eigenvalue weighted by molar-refractivity contribution is -0.146. The second-order valence-corrected chi connectivity index (χ2v) is 8.71. The van der Waals surface area contributed by atoms with E-state index in [2.05, 4.69) is 0 Å². The summed E-state index contributed by atoms with van der Waals surface area (Å²) in [5.41, 5.74) is 3.70. The Morgan fingerprint density at radius 3 is 2.37 bits per heavy atom. The fraction of sp³-hybridized carbons (Fsp3) is 0.393. The third-order valence-electron chi connectivity index (χ3n) is 6.78. The van der Waals surface area contributed by atoms with E-state index < -0.39 is 11.8 Å². The number of rotatable bonds is 7. The molecule has 2 aromatic carbocycles. The summed E-state index contributed by atoms with van der Waals surface area (Å²) in [6.07, 6.45) is 0.888. The molecule has 1 heterocycles. The normalized spacial score (nSPS) is 21.7. The first kappa shape index (κ1) is 24.5. The number of para-hydroxylation sites is 1. The number of carbonyl (C=O) groups is 2. The van der Waals surface area contributed by atoms with Crippen molar-refractivity contribution in [1.82, 2.24) is 0 Å². The number of aliphatic imine (C=N–C) groups is 1. The first-order chi connectivity index (χ1) is 16.9. The van der Waals surface area contributed by atoms with Gasteiger partial charge >= 0.3 is 5.97 Å². The van der Waals surface area contributed by atoms with E-state index in [0.717, 1.165) is 16.8 Å². The molecule has 35 heavy (non-hydrogen) atoms. The van der Waals surface area contributed by atoms with Crippen LogP contribution in [0.1, 0.15) is 49.7 Å².